The molecule has 1 heterocycles. The summed E-state index contributed by atoms with van der Waals surface area (Å²) in [6, 6.07) is 7.85. The number of nitrogens with zero attached hydrogens (tertiary/aromatic N) is 2. The minimum absolute atomic E-state index is 0.0846. The number of hydrogen-bond donors (Lipinski definition) is 1. The highest BCUT2D eigenvalue weighted by atomic mass is 16.2. The normalized spacial score (nSPS) is 19.4. The van der Waals surface area contributed by atoms with Crippen molar-refractivity contribution < 1.29 is 4.79 Å². The third-order valence-corrected chi connectivity index (χ3v) is 3.69. The van der Waals surface area contributed by atoms with Gasteiger partial charge in [0.2, 0.25) is 0 Å². The van der Waals surface area contributed by atoms with E-state index in [9.17, 15) is 4.79 Å². The molecule has 1 atom stereocenters. The smallest absolute Gasteiger partial charge is 0.253 e. The number of rotatable bonds is 1. The van der Waals surface area contributed by atoms with Gasteiger partial charge < -0.3 is 15.5 Å². The summed E-state index contributed by atoms with van der Waals surface area (Å²) in [5.41, 5.74) is 6.90. The predicted molar refractivity (Wildman–Crippen MR) is 80.4 cm³/mol. The van der Waals surface area contributed by atoms with Crippen molar-refractivity contribution >= 4 is 5.91 Å². The molecule has 1 aromatic carbocycles. The molecule has 0 radical (unpaired) electrons. The van der Waals surface area contributed by atoms with Crippen LogP contribution in [0.3, 0.4) is 0 Å². The lowest BCUT2D eigenvalue weighted by Gasteiger charge is -2.37. The molecular formula is C16H21N3O. The fourth-order valence-corrected chi connectivity index (χ4v) is 2.30. The van der Waals surface area contributed by atoms with Gasteiger partial charge in [0.15, 0.2) is 0 Å². The fraction of sp³-hybridized carbons (Fsp3) is 0.438. The lowest BCUT2D eigenvalue weighted by Crippen LogP contribution is -2.52. The molecule has 1 fully saturated rings. The molecule has 0 aliphatic carbocycles. The van der Waals surface area contributed by atoms with Gasteiger partial charge in [-0.2, -0.15) is 0 Å². The first-order chi connectivity index (χ1) is 9.61. The van der Waals surface area contributed by atoms with Gasteiger partial charge >= 0.3 is 0 Å². The zero-order chi connectivity index (χ0) is 14.5. The Kier molecular flexibility index (Phi) is 4.78. The quantitative estimate of drug-likeness (QED) is 0.768. The monoisotopic (exact) mass is 271 g/mol. The molecular weight excluding hydrogens is 250 g/mol. The Morgan fingerprint density at radius 1 is 1.45 bits per heavy atom. The summed E-state index contributed by atoms with van der Waals surface area (Å²) in [6.07, 6.45) is 0. The van der Waals surface area contributed by atoms with E-state index in [1.54, 1.807) is 0 Å². The van der Waals surface area contributed by atoms with E-state index in [2.05, 4.69) is 30.7 Å². The minimum Gasteiger partial charge on any atom is -0.336 e. The average molecular weight is 271 g/mol. The van der Waals surface area contributed by atoms with Crippen molar-refractivity contribution in [3.63, 3.8) is 0 Å². The van der Waals surface area contributed by atoms with Crippen LogP contribution in [0.1, 0.15) is 22.8 Å². The standard InChI is InChI=1S/C16H21N3O/c1-13-12-19(10-9-18(13)2)16(20)15-7-3-5-14(11-15)6-4-8-17/h3,5,7,11,13H,8-10,12,17H2,1-2H3. The second kappa shape index (κ2) is 6.56. The van der Waals surface area contributed by atoms with Crippen molar-refractivity contribution in [2.45, 2.75) is 13.0 Å². The molecule has 1 aliphatic rings. The molecule has 0 bridgehead atoms. The van der Waals surface area contributed by atoms with E-state index >= 15 is 0 Å². The number of piperazine rings is 1. The van der Waals surface area contributed by atoms with E-state index in [1.165, 1.54) is 0 Å². The maximum absolute atomic E-state index is 12.5. The van der Waals surface area contributed by atoms with Crippen molar-refractivity contribution in [2.75, 3.05) is 33.2 Å². The highest BCUT2D eigenvalue weighted by molar-refractivity contribution is 5.94. The first kappa shape index (κ1) is 14.6. The lowest BCUT2D eigenvalue weighted by atomic mass is 10.1. The molecule has 2 N–H and O–H groups in total. The number of benzene rings is 1. The Hall–Kier alpha value is -1.83. The molecule has 0 saturated carbocycles. The van der Waals surface area contributed by atoms with Crippen molar-refractivity contribution in [1.82, 2.24) is 9.80 Å². The third-order valence-electron chi connectivity index (χ3n) is 3.69. The van der Waals surface area contributed by atoms with Crippen LogP contribution in [0.2, 0.25) is 0 Å². The van der Waals surface area contributed by atoms with E-state index in [0.717, 1.165) is 25.2 Å². The molecule has 1 saturated heterocycles. The topological polar surface area (TPSA) is 49.6 Å². The number of nitrogens with two attached hydrogens (primary N) is 1. The van der Waals surface area contributed by atoms with Gasteiger partial charge in [0, 0.05) is 36.8 Å². The molecule has 1 aromatic rings. The van der Waals surface area contributed by atoms with Crippen LogP contribution in [0.5, 0.6) is 0 Å². The summed E-state index contributed by atoms with van der Waals surface area (Å²) >= 11 is 0. The van der Waals surface area contributed by atoms with Gasteiger partial charge in [0.05, 0.1) is 6.54 Å². The highest BCUT2D eigenvalue weighted by Gasteiger charge is 2.24. The van der Waals surface area contributed by atoms with Crippen LogP contribution in [-0.2, 0) is 0 Å². The van der Waals surface area contributed by atoms with Crippen LogP contribution in [0.25, 0.3) is 0 Å². The van der Waals surface area contributed by atoms with Crippen LogP contribution in [-0.4, -0.2) is 55.0 Å². The van der Waals surface area contributed by atoms with Gasteiger partial charge in [-0.15, -0.1) is 0 Å². The minimum atomic E-state index is 0.0846. The first-order valence-corrected chi connectivity index (χ1v) is 6.90. The van der Waals surface area contributed by atoms with Crippen LogP contribution in [0, 0.1) is 11.8 Å². The largest absolute Gasteiger partial charge is 0.336 e. The molecule has 106 valence electrons. The van der Waals surface area contributed by atoms with E-state index in [1.807, 2.05) is 29.2 Å². The number of amides is 1. The third kappa shape index (κ3) is 3.38. The van der Waals surface area contributed by atoms with E-state index in [0.29, 0.717) is 18.2 Å². The molecule has 0 aromatic heterocycles. The van der Waals surface area contributed by atoms with E-state index in [-0.39, 0.29) is 5.91 Å². The predicted octanol–water partition coefficient (Wildman–Crippen LogP) is 0.773. The molecule has 1 aliphatic heterocycles. The summed E-state index contributed by atoms with van der Waals surface area (Å²) in [5, 5.41) is 0. The Morgan fingerprint density at radius 2 is 2.25 bits per heavy atom. The number of carbonyl (C=O) groups is 1. The van der Waals surface area contributed by atoms with Crippen LogP contribution in [0.15, 0.2) is 24.3 Å². The molecule has 2 rings (SSSR count). The van der Waals surface area contributed by atoms with Gasteiger partial charge in [-0.1, -0.05) is 17.9 Å². The summed E-state index contributed by atoms with van der Waals surface area (Å²) in [5.74, 6) is 5.86. The molecule has 20 heavy (non-hydrogen) atoms. The maximum Gasteiger partial charge on any atom is 0.253 e. The van der Waals surface area contributed by atoms with Crippen molar-refractivity contribution in [1.29, 1.82) is 0 Å². The van der Waals surface area contributed by atoms with Crippen molar-refractivity contribution in [3.8, 4) is 11.8 Å². The van der Waals surface area contributed by atoms with Crippen LogP contribution in [0.4, 0.5) is 0 Å². The molecule has 1 amide bonds. The molecule has 0 spiro atoms. The van der Waals surface area contributed by atoms with Gasteiger partial charge in [-0.05, 0) is 32.2 Å². The van der Waals surface area contributed by atoms with Gasteiger partial charge in [-0.25, -0.2) is 0 Å². The van der Waals surface area contributed by atoms with Gasteiger partial charge in [0.1, 0.15) is 0 Å². The van der Waals surface area contributed by atoms with E-state index < -0.39 is 0 Å². The fourth-order valence-electron chi connectivity index (χ4n) is 2.30. The Labute approximate surface area is 120 Å². The van der Waals surface area contributed by atoms with E-state index in [4.69, 9.17) is 5.73 Å². The summed E-state index contributed by atoms with van der Waals surface area (Å²) in [4.78, 5) is 16.7. The van der Waals surface area contributed by atoms with Crippen molar-refractivity contribution in [3.05, 3.63) is 35.4 Å². The second-order valence-corrected chi connectivity index (χ2v) is 5.17. The maximum atomic E-state index is 12.5. The second-order valence-electron chi connectivity index (χ2n) is 5.17. The molecule has 4 heteroatoms. The Bertz CT molecular complexity index is 544. The molecule has 1 unspecified atom stereocenters. The summed E-state index contributed by atoms with van der Waals surface area (Å²) in [6.45, 7) is 4.93. The summed E-state index contributed by atoms with van der Waals surface area (Å²) < 4.78 is 0. The SMILES string of the molecule is CC1CN(C(=O)c2cccc(C#CCN)c2)CCN1C. The summed E-state index contributed by atoms with van der Waals surface area (Å²) in [7, 11) is 2.09. The lowest BCUT2D eigenvalue weighted by molar-refractivity contribution is 0.0572. The molecule has 4 nitrogen and oxygen atoms in total. The number of hydrogen-bond acceptors (Lipinski definition) is 3. The van der Waals surface area contributed by atoms with Crippen molar-refractivity contribution in [2.24, 2.45) is 5.73 Å². The van der Waals surface area contributed by atoms with Gasteiger partial charge in [0.25, 0.3) is 5.91 Å². The number of carbonyl (C=O) groups excluding carboxylic acids is 1. The van der Waals surface area contributed by atoms with Crippen LogP contribution >= 0.6 is 0 Å². The number of likely N-dealkylation sites (N-methyl/N-ethyl adjacent to an activating group) is 1. The average Bonchev–Trinajstić information content (AvgIpc) is 2.47. The zero-order valence-corrected chi connectivity index (χ0v) is 12.1. The van der Waals surface area contributed by atoms with Crippen LogP contribution < -0.4 is 5.73 Å². The Morgan fingerprint density at radius 3 is 2.95 bits per heavy atom. The van der Waals surface area contributed by atoms with Gasteiger partial charge in [-0.3, -0.25) is 4.79 Å². The Balaban J connectivity index is 2.13. The highest BCUT2D eigenvalue weighted by Crippen LogP contribution is 2.13. The first-order valence-electron chi connectivity index (χ1n) is 6.90. The zero-order valence-electron chi connectivity index (χ0n) is 12.1.